The molecule has 7 nitrogen and oxygen atoms in total. The van der Waals surface area contributed by atoms with E-state index in [1.807, 2.05) is 64.1 Å². The Kier molecular flexibility index (Phi) is 9.30. The number of aryl methyl sites for hydroxylation is 1. The second-order valence-electron chi connectivity index (χ2n) is 9.32. The summed E-state index contributed by atoms with van der Waals surface area (Å²) < 4.78 is 27.4. The summed E-state index contributed by atoms with van der Waals surface area (Å²) in [7, 11) is -3.76. The van der Waals surface area contributed by atoms with Crippen molar-refractivity contribution in [1.29, 1.82) is 0 Å². The molecule has 0 fully saturated rings. The lowest BCUT2D eigenvalue weighted by Gasteiger charge is -2.33. The number of anilines is 1. The first kappa shape index (κ1) is 27.9. The van der Waals surface area contributed by atoms with Crippen molar-refractivity contribution in [1.82, 2.24) is 10.2 Å². The second kappa shape index (κ2) is 11.4. The van der Waals surface area contributed by atoms with Crippen LogP contribution in [0, 0.1) is 0 Å². The van der Waals surface area contributed by atoms with Crippen molar-refractivity contribution in [3.8, 4) is 0 Å². The second-order valence-corrected chi connectivity index (χ2v) is 12.1. The predicted octanol–water partition coefficient (Wildman–Crippen LogP) is 4.11. The van der Waals surface area contributed by atoms with Gasteiger partial charge in [0.2, 0.25) is 21.8 Å². The van der Waals surface area contributed by atoms with E-state index in [9.17, 15) is 18.0 Å². The number of amides is 2. The van der Waals surface area contributed by atoms with Gasteiger partial charge in [0.1, 0.15) is 12.6 Å². The van der Waals surface area contributed by atoms with Crippen molar-refractivity contribution in [3.63, 3.8) is 0 Å². The molecule has 0 aliphatic heterocycles. The summed E-state index contributed by atoms with van der Waals surface area (Å²) in [5.41, 5.74) is 1.63. The minimum Gasteiger partial charge on any atom is -0.350 e. The van der Waals surface area contributed by atoms with Gasteiger partial charge < -0.3 is 10.2 Å². The van der Waals surface area contributed by atoms with E-state index in [0.717, 1.165) is 26.2 Å². The Labute approximate surface area is 211 Å². The number of rotatable bonds is 9. The third-order valence-corrected chi connectivity index (χ3v) is 6.85. The number of nitrogens with one attached hydrogen (secondary N) is 1. The van der Waals surface area contributed by atoms with Crippen molar-refractivity contribution in [2.24, 2.45) is 0 Å². The summed E-state index contributed by atoms with van der Waals surface area (Å²) in [5, 5.41) is 2.91. The van der Waals surface area contributed by atoms with Crippen molar-refractivity contribution in [3.05, 3.63) is 64.1 Å². The third kappa shape index (κ3) is 7.84. The highest BCUT2D eigenvalue weighted by Crippen LogP contribution is 2.24. The highest BCUT2D eigenvalue weighted by molar-refractivity contribution is 9.10. The lowest BCUT2D eigenvalue weighted by atomic mass is 10.1. The van der Waals surface area contributed by atoms with Crippen LogP contribution >= 0.6 is 15.9 Å². The van der Waals surface area contributed by atoms with Gasteiger partial charge in [-0.3, -0.25) is 13.9 Å². The van der Waals surface area contributed by atoms with Gasteiger partial charge >= 0.3 is 0 Å². The molecule has 2 aromatic carbocycles. The molecule has 0 aromatic heterocycles. The highest BCUT2D eigenvalue weighted by Gasteiger charge is 2.31. The number of para-hydroxylation sites is 1. The van der Waals surface area contributed by atoms with Crippen LogP contribution in [0.1, 0.15) is 45.7 Å². The molecule has 0 saturated heterocycles. The summed E-state index contributed by atoms with van der Waals surface area (Å²) in [4.78, 5) is 28.0. The highest BCUT2D eigenvalue weighted by atomic mass is 79.9. The van der Waals surface area contributed by atoms with Crippen LogP contribution in [-0.2, 0) is 32.6 Å². The first-order chi connectivity index (χ1) is 15.7. The Morgan fingerprint density at radius 3 is 2.29 bits per heavy atom. The maximum atomic E-state index is 13.6. The SMILES string of the molecule is CCc1ccccc1N(CC(=O)N(Cc1cccc(Br)c1)[C@@H](C)C(=O)NC(C)(C)C)S(C)(=O)=O. The molecule has 0 saturated carbocycles. The quantitative estimate of drug-likeness (QED) is 0.508. The number of carbonyl (C=O) groups is 2. The van der Waals surface area contributed by atoms with Gasteiger partial charge in [0.05, 0.1) is 11.9 Å². The summed E-state index contributed by atoms with van der Waals surface area (Å²) in [6, 6.07) is 13.8. The van der Waals surface area contributed by atoms with Gasteiger partial charge in [0.25, 0.3) is 0 Å². The zero-order valence-corrected chi connectivity index (χ0v) is 23.0. The normalized spacial score (nSPS) is 12.7. The number of halogens is 1. The summed E-state index contributed by atoms with van der Waals surface area (Å²) in [6.07, 6.45) is 1.70. The molecule has 34 heavy (non-hydrogen) atoms. The Morgan fingerprint density at radius 1 is 1.09 bits per heavy atom. The van der Waals surface area contributed by atoms with Crippen LogP contribution in [0.15, 0.2) is 53.0 Å². The lowest BCUT2D eigenvalue weighted by molar-refractivity contribution is -0.140. The fourth-order valence-electron chi connectivity index (χ4n) is 3.54. The molecule has 1 N–H and O–H groups in total. The van der Waals surface area contributed by atoms with E-state index >= 15 is 0 Å². The number of benzene rings is 2. The van der Waals surface area contributed by atoms with E-state index in [0.29, 0.717) is 12.1 Å². The van der Waals surface area contributed by atoms with Gasteiger partial charge in [0.15, 0.2) is 0 Å². The van der Waals surface area contributed by atoms with Crippen LogP contribution in [-0.4, -0.2) is 49.5 Å². The van der Waals surface area contributed by atoms with E-state index in [4.69, 9.17) is 0 Å². The van der Waals surface area contributed by atoms with Gasteiger partial charge in [0, 0.05) is 16.6 Å². The predicted molar refractivity (Wildman–Crippen MR) is 140 cm³/mol. The molecule has 0 aliphatic rings. The van der Waals surface area contributed by atoms with Gasteiger partial charge in [-0.25, -0.2) is 8.42 Å². The van der Waals surface area contributed by atoms with Gasteiger partial charge in [-0.15, -0.1) is 0 Å². The fourth-order valence-corrected chi connectivity index (χ4v) is 4.86. The van der Waals surface area contributed by atoms with Gasteiger partial charge in [-0.2, -0.15) is 0 Å². The Balaban J connectivity index is 2.44. The molecule has 1 atom stereocenters. The first-order valence-electron chi connectivity index (χ1n) is 11.1. The topological polar surface area (TPSA) is 86.8 Å². The molecule has 0 spiro atoms. The number of hydrogen-bond acceptors (Lipinski definition) is 4. The molecule has 186 valence electrons. The van der Waals surface area contributed by atoms with Crippen LogP contribution in [0.4, 0.5) is 5.69 Å². The van der Waals surface area contributed by atoms with E-state index in [-0.39, 0.29) is 12.5 Å². The average molecular weight is 553 g/mol. The van der Waals surface area contributed by atoms with Crippen LogP contribution < -0.4 is 9.62 Å². The van der Waals surface area contributed by atoms with E-state index < -0.39 is 34.1 Å². The Hall–Kier alpha value is -2.39. The molecule has 2 aromatic rings. The standard InChI is InChI=1S/C25H34BrN3O4S/c1-7-20-12-8-9-14-22(20)29(34(6,32)33)17-23(30)28(16-19-11-10-13-21(26)15-19)18(2)24(31)27-25(3,4)5/h8-15,18H,7,16-17H2,1-6H3,(H,27,31)/t18-/m0/s1. The summed E-state index contributed by atoms with van der Waals surface area (Å²) >= 11 is 3.44. The zero-order chi connectivity index (χ0) is 25.7. The fraction of sp³-hybridized carbons (Fsp3) is 0.440. The van der Waals surface area contributed by atoms with Crippen LogP contribution in [0.3, 0.4) is 0 Å². The third-order valence-electron chi connectivity index (χ3n) is 5.23. The Bertz CT molecular complexity index is 1130. The number of carbonyl (C=O) groups excluding carboxylic acids is 2. The largest absolute Gasteiger partial charge is 0.350 e. The van der Waals surface area contributed by atoms with Gasteiger partial charge in [-0.1, -0.05) is 53.2 Å². The van der Waals surface area contributed by atoms with Crippen molar-refractivity contribution in [2.45, 2.75) is 59.2 Å². The van der Waals surface area contributed by atoms with E-state index in [1.165, 1.54) is 4.90 Å². The molecule has 0 aliphatic carbocycles. The number of hydrogen-bond donors (Lipinski definition) is 1. The molecular weight excluding hydrogens is 518 g/mol. The molecule has 0 bridgehead atoms. The smallest absolute Gasteiger partial charge is 0.244 e. The number of nitrogens with zero attached hydrogens (tertiary/aromatic N) is 2. The maximum Gasteiger partial charge on any atom is 0.244 e. The van der Waals surface area contributed by atoms with Crippen LogP contribution in [0.25, 0.3) is 0 Å². The molecule has 0 unspecified atom stereocenters. The minimum absolute atomic E-state index is 0.157. The van der Waals surface area contributed by atoms with Crippen LogP contribution in [0.2, 0.25) is 0 Å². The molecule has 0 radical (unpaired) electrons. The first-order valence-corrected chi connectivity index (χ1v) is 13.8. The van der Waals surface area contributed by atoms with E-state index in [2.05, 4.69) is 21.2 Å². The van der Waals surface area contributed by atoms with Crippen molar-refractivity contribution < 1.29 is 18.0 Å². The van der Waals surface area contributed by atoms with Crippen LogP contribution in [0.5, 0.6) is 0 Å². The number of sulfonamides is 1. The average Bonchev–Trinajstić information content (AvgIpc) is 2.73. The van der Waals surface area contributed by atoms with Gasteiger partial charge in [-0.05, 0) is 63.4 Å². The molecule has 9 heteroatoms. The van der Waals surface area contributed by atoms with Crippen molar-refractivity contribution in [2.75, 3.05) is 17.1 Å². The maximum absolute atomic E-state index is 13.6. The lowest BCUT2D eigenvalue weighted by Crippen LogP contribution is -2.54. The van der Waals surface area contributed by atoms with E-state index in [1.54, 1.807) is 19.1 Å². The molecule has 2 amide bonds. The molecule has 2 rings (SSSR count). The monoisotopic (exact) mass is 551 g/mol. The zero-order valence-electron chi connectivity index (χ0n) is 20.6. The summed E-state index contributed by atoms with van der Waals surface area (Å²) in [6.45, 7) is 8.93. The molecular formula is C25H34BrN3O4S. The Morgan fingerprint density at radius 2 is 1.74 bits per heavy atom. The molecule has 0 heterocycles. The summed E-state index contributed by atoms with van der Waals surface area (Å²) in [5.74, 6) is -0.774. The minimum atomic E-state index is -3.76. The van der Waals surface area contributed by atoms with Crippen molar-refractivity contribution >= 4 is 43.5 Å².